The molecule has 0 bridgehead atoms. The molecule has 8 rings (SSSR count). The zero-order chi connectivity index (χ0) is 48.8. The maximum absolute atomic E-state index is 13.3. The highest BCUT2D eigenvalue weighted by Crippen LogP contribution is 2.40. The van der Waals surface area contributed by atoms with Crippen LogP contribution in [0, 0.1) is 6.92 Å². The maximum Gasteiger partial charge on any atom is 0.255 e. The van der Waals surface area contributed by atoms with Crippen LogP contribution < -0.4 is 35.6 Å². The summed E-state index contributed by atoms with van der Waals surface area (Å²) in [6.45, 7) is 15.2. The molecule has 2 aromatic heterocycles. The van der Waals surface area contributed by atoms with E-state index in [1.807, 2.05) is 61.1 Å². The summed E-state index contributed by atoms with van der Waals surface area (Å²) >= 11 is 0. The van der Waals surface area contributed by atoms with Crippen molar-refractivity contribution >= 4 is 59.4 Å². The molecule has 5 aromatic rings. The van der Waals surface area contributed by atoms with Crippen molar-refractivity contribution in [2.75, 3.05) is 95.4 Å². The zero-order valence-electron chi connectivity index (χ0n) is 41.0. The summed E-state index contributed by atoms with van der Waals surface area (Å²) in [6.07, 6.45) is 7.93. The molecule has 1 unspecified atom stereocenters. The van der Waals surface area contributed by atoms with Gasteiger partial charge in [-0.15, -0.1) is 0 Å². The topological polar surface area (TPSA) is 179 Å². The molecule has 0 spiro atoms. The van der Waals surface area contributed by atoms with E-state index in [0.717, 1.165) is 111 Å². The van der Waals surface area contributed by atoms with Gasteiger partial charge in [0.05, 0.1) is 35.8 Å². The van der Waals surface area contributed by atoms with E-state index in [1.165, 1.54) is 11.3 Å². The lowest BCUT2D eigenvalue weighted by atomic mass is 9.99. The summed E-state index contributed by atoms with van der Waals surface area (Å²) in [5.74, 6) is 2.85. The Balaban J connectivity index is 0.851. The molecule has 366 valence electrons. The molecule has 1 atom stereocenters. The summed E-state index contributed by atoms with van der Waals surface area (Å²) < 4.78 is 27.4. The first-order valence-corrected chi connectivity index (χ1v) is 26.6. The second-order valence-corrected chi connectivity index (χ2v) is 21.7. The number of methoxy groups -OCH3 is 1. The summed E-state index contributed by atoms with van der Waals surface area (Å²) in [4.78, 5) is 60.3. The number of aldehydes is 1. The first kappa shape index (κ1) is 49.1. The number of carbonyl (C=O) groups is 3. The van der Waals surface area contributed by atoms with E-state index < -0.39 is 13.2 Å². The van der Waals surface area contributed by atoms with Gasteiger partial charge in [0, 0.05) is 114 Å². The van der Waals surface area contributed by atoms with Crippen LogP contribution in [0.1, 0.15) is 59.9 Å². The van der Waals surface area contributed by atoms with Crippen LogP contribution in [0.5, 0.6) is 11.5 Å². The number of imidazole rings is 1. The van der Waals surface area contributed by atoms with Crippen molar-refractivity contribution in [1.29, 1.82) is 0 Å². The lowest BCUT2D eigenvalue weighted by Gasteiger charge is -2.43. The fourth-order valence-corrected chi connectivity index (χ4v) is 10.8. The highest BCUT2D eigenvalue weighted by Gasteiger charge is 2.34. The molecule has 3 aromatic carbocycles. The quantitative estimate of drug-likeness (QED) is 0.0629. The molecular formula is C51H66N11O6P. The smallest absolute Gasteiger partial charge is 0.255 e. The number of nitrogens with one attached hydrogen (secondary N) is 3. The van der Waals surface area contributed by atoms with Crippen molar-refractivity contribution < 1.29 is 28.4 Å². The van der Waals surface area contributed by atoms with Gasteiger partial charge in [-0.2, -0.15) is 4.98 Å². The third-order valence-electron chi connectivity index (χ3n) is 13.8. The number of ether oxygens (including phenoxy) is 2. The predicted molar refractivity (Wildman–Crippen MR) is 272 cm³/mol. The zero-order valence-corrected chi connectivity index (χ0v) is 41.9. The monoisotopic (exact) mass is 959 g/mol. The fourth-order valence-electron chi connectivity index (χ4n) is 9.66. The highest BCUT2D eigenvalue weighted by molar-refractivity contribution is 7.70. The van der Waals surface area contributed by atoms with Crippen molar-refractivity contribution in [1.82, 2.24) is 39.5 Å². The molecule has 3 N–H and O–H groups in total. The van der Waals surface area contributed by atoms with Crippen LogP contribution in [0.2, 0.25) is 0 Å². The number of rotatable bonds is 19. The standard InChI is InChI=1S/C51H66N11O6P/c1-8-35-28-43(56-51-53-30-41(44-32-58(4)34(2)54-44)49(57-51)55-42-11-9-10-12-47(42)69(6,7)66)46(67-5)29-45(35)61-19-17-37(18-20-61)60-23-21-59(22-24-60)25-26-68-39-14-15-40-36(27-39)31-62(50(40)65)38(33-63)13-16-48(64)52-3/h9-12,14-15,27-30,32-33,37-38H,8,13,16-26,31H2,1-7H3,(H,52,64)(H2,53,55,56,57). The van der Waals surface area contributed by atoms with E-state index in [9.17, 15) is 18.9 Å². The van der Waals surface area contributed by atoms with Gasteiger partial charge in [-0.1, -0.05) is 19.1 Å². The molecule has 0 radical (unpaired) electrons. The predicted octanol–water partition coefficient (Wildman–Crippen LogP) is 6.21. The van der Waals surface area contributed by atoms with Gasteiger partial charge in [-0.25, -0.2) is 9.97 Å². The molecule has 69 heavy (non-hydrogen) atoms. The number of piperazine rings is 1. The number of carbonyl (C=O) groups excluding carboxylic acids is 3. The third kappa shape index (κ3) is 11.3. The molecular weight excluding hydrogens is 894 g/mol. The van der Waals surface area contributed by atoms with Crippen molar-refractivity contribution in [2.24, 2.45) is 7.05 Å². The molecule has 17 nitrogen and oxygen atoms in total. The Labute approximate surface area is 405 Å². The largest absolute Gasteiger partial charge is 0.494 e. The Morgan fingerprint density at radius 1 is 0.971 bits per heavy atom. The highest BCUT2D eigenvalue weighted by atomic mass is 31.2. The molecule has 0 saturated carbocycles. The molecule has 0 aliphatic carbocycles. The maximum atomic E-state index is 13.3. The summed E-state index contributed by atoms with van der Waals surface area (Å²) in [6, 6.07) is 17.3. The van der Waals surface area contributed by atoms with Gasteiger partial charge >= 0.3 is 0 Å². The van der Waals surface area contributed by atoms with Crippen LogP contribution in [0.3, 0.4) is 0 Å². The number of hydrogen-bond donors (Lipinski definition) is 3. The number of anilines is 5. The summed E-state index contributed by atoms with van der Waals surface area (Å²) in [7, 11) is 2.59. The molecule has 18 heteroatoms. The molecule has 3 aliphatic heterocycles. The average Bonchev–Trinajstić information content (AvgIpc) is 3.87. The van der Waals surface area contributed by atoms with Crippen LogP contribution in [0.4, 0.5) is 28.8 Å². The number of aromatic nitrogens is 4. The number of para-hydroxylation sites is 1. The molecule has 5 heterocycles. The van der Waals surface area contributed by atoms with Crippen LogP contribution in [0.25, 0.3) is 11.3 Å². The SMILES string of the molecule is CCc1cc(Nc2ncc(-c3cn(C)c(C)n3)c(Nc3ccccc3P(C)(C)=O)n2)c(OC)cc1N1CCC(N2CCN(CCOc3ccc4c(c3)CN(C(C=O)CCC(=O)NC)C4=O)CC2)CC1. The summed E-state index contributed by atoms with van der Waals surface area (Å²) in [5.41, 5.74) is 6.75. The van der Waals surface area contributed by atoms with Gasteiger partial charge in [-0.05, 0) is 93.5 Å². The number of piperidine rings is 1. The van der Waals surface area contributed by atoms with Gasteiger partial charge in [0.2, 0.25) is 11.9 Å². The summed E-state index contributed by atoms with van der Waals surface area (Å²) in [5, 5.41) is 10.2. The number of fused-ring (bicyclic) bond motifs is 1. The van der Waals surface area contributed by atoms with Crippen molar-refractivity contribution in [2.45, 2.75) is 64.6 Å². The minimum Gasteiger partial charge on any atom is -0.494 e. The van der Waals surface area contributed by atoms with Gasteiger partial charge in [0.1, 0.15) is 43.2 Å². The first-order valence-electron chi connectivity index (χ1n) is 24.0. The van der Waals surface area contributed by atoms with Gasteiger partial charge in [-0.3, -0.25) is 19.4 Å². The van der Waals surface area contributed by atoms with E-state index >= 15 is 0 Å². The van der Waals surface area contributed by atoms with Gasteiger partial charge < -0.3 is 49.2 Å². The second kappa shape index (κ2) is 21.6. The Hall–Kier alpha value is -6.29. The fraction of sp³-hybridized carbons (Fsp3) is 0.451. The van der Waals surface area contributed by atoms with Crippen LogP contribution in [0.15, 0.2) is 67.0 Å². The van der Waals surface area contributed by atoms with Crippen molar-refractivity contribution in [3.8, 4) is 22.8 Å². The normalized spacial score (nSPS) is 16.3. The molecule has 3 aliphatic rings. The van der Waals surface area contributed by atoms with Crippen LogP contribution in [-0.2, 0) is 34.2 Å². The molecule has 2 saturated heterocycles. The Kier molecular flexibility index (Phi) is 15.4. The van der Waals surface area contributed by atoms with E-state index in [2.05, 4.69) is 49.7 Å². The number of amides is 2. The van der Waals surface area contributed by atoms with E-state index in [-0.39, 0.29) is 24.7 Å². The Morgan fingerprint density at radius 2 is 1.74 bits per heavy atom. The molecule has 2 amide bonds. The Bertz CT molecular complexity index is 2690. The van der Waals surface area contributed by atoms with E-state index in [4.69, 9.17) is 24.4 Å². The minimum absolute atomic E-state index is 0.159. The van der Waals surface area contributed by atoms with Crippen molar-refractivity contribution in [3.05, 3.63) is 89.5 Å². The van der Waals surface area contributed by atoms with E-state index in [1.54, 1.807) is 44.7 Å². The van der Waals surface area contributed by atoms with Gasteiger partial charge in [0.25, 0.3) is 5.91 Å². The van der Waals surface area contributed by atoms with Crippen LogP contribution in [-0.4, -0.2) is 144 Å². The first-order chi connectivity index (χ1) is 33.3. The van der Waals surface area contributed by atoms with Crippen molar-refractivity contribution in [3.63, 3.8) is 0 Å². The number of hydrogen-bond acceptors (Lipinski definition) is 14. The average molecular weight is 960 g/mol. The number of nitrogens with zero attached hydrogens (tertiary/aromatic N) is 8. The number of aryl methyl sites for hydroxylation is 3. The Morgan fingerprint density at radius 3 is 2.42 bits per heavy atom. The lowest BCUT2D eigenvalue weighted by Crippen LogP contribution is -2.53. The lowest BCUT2D eigenvalue weighted by molar-refractivity contribution is -0.121. The minimum atomic E-state index is -2.61. The third-order valence-corrected chi connectivity index (χ3v) is 15.3. The number of benzene rings is 3. The van der Waals surface area contributed by atoms with Gasteiger partial charge in [0.15, 0.2) is 0 Å². The second-order valence-electron chi connectivity index (χ2n) is 18.5. The van der Waals surface area contributed by atoms with Crippen LogP contribution >= 0.6 is 7.14 Å². The molecule has 2 fully saturated rings. The van der Waals surface area contributed by atoms with E-state index in [0.29, 0.717) is 48.0 Å².